The van der Waals surface area contributed by atoms with Crippen molar-refractivity contribution in [3.8, 4) is 73.6 Å². The SMILES string of the molecule is CC.CC.Cc1cc(-c2ccc(-c3nc(-c4ccccc4)nc(-c4ccccc4)n3)cc2)c2ccccc2c1-c1cc(C#N)cc(-c2ccc3ccccc3c2)c1. The highest BCUT2D eigenvalue weighted by atomic mass is 15.0. The van der Waals surface area contributed by atoms with E-state index < -0.39 is 0 Å². The van der Waals surface area contributed by atoms with Crippen molar-refractivity contribution < 1.29 is 0 Å². The molecule has 0 saturated heterocycles. The second-order valence-electron chi connectivity index (χ2n) is 13.3. The van der Waals surface area contributed by atoms with Crippen LogP contribution in [0.5, 0.6) is 0 Å². The Morgan fingerprint density at radius 3 is 1.46 bits per heavy atom. The molecule has 9 rings (SSSR count). The predicted molar refractivity (Wildman–Crippen MR) is 240 cm³/mol. The molecule has 0 atom stereocenters. The highest BCUT2D eigenvalue weighted by Gasteiger charge is 2.17. The maximum Gasteiger partial charge on any atom is 0.164 e. The zero-order valence-corrected chi connectivity index (χ0v) is 33.0. The van der Waals surface area contributed by atoms with E-state index >= 15 is 0 Å². The minimum atomic E-state index is 0.625. The van der Waals surface area contributed by atoms with Crippen LogP contribution in [0.3, 0.4) is 0 Å². The fraction of sp³-hybridized carbons (Fsp3) is 0.0943. The minimum Gasteiger partial charge on any atom is -0.208 e. The molecule has 0 spiro atoms. The van der Waals surface area contributed by atoms with Crippen molar-refractivity contribution in [1.82, 2.24) is 15.0 Å². The first-order chi connectivity index (χ1) is 28.1. The van der Waals surface area contributed by atoms with Crippen LogP contribution >= 0.6 is 0 Å². The van der Waals surface area contributed by atoms with Crippen molar-refractivity contribution in [3.63, 3.8) is 0 Å². The van der Waals surface area contributed by atoms with Crippen LogP contribution in [0.4, 0.5) is 0 Å². The Morgan fingerprint density at radius 2 is 0.860 bits per heavy atom. The summed E-state index contributed by atoms with van der Waals surface area (Å²) in [7, 11) is 0. The van der Waals surface area contributed by atoms with Crippen molar-refractivity contribution in [3.05, 3.63) is 187 Å². The van der Waals surface area contributed by atoms with E-state index in [9.17, 15) is 5.26 Å². The van der Waals surface area contributed by atoms with E-state index in [1.807, 2.05) is 100 Å². The summed E-state index contributed by atoms with van der Waals surface area (Å²) in [6, 6.07) is 62.9. The summed E-state index contributed by atoms with van der Waals surface area (Å²) in [5.41, 5.74) is 11.1. The number of aryl methyl sites for hydroxylation is 1. The van der Waals surface area contributed by atoms with Gasteiger partial charge in [0, 0.05) is 16.7 Å². The molecule has 8 aromatic carbocycles. The van der Waals surface area contributed by atoms with Gasteiger partial charge in [-0.2, -0.15) is 5.26 Å². The number of benzene rings is 8. The van der Waals surface area contributed by atoms with Crippen LogP contribution in [-0.2, 0) is 0 Å². The largest absolute Gasteiger partial charge is 0.208 e. The standard InChI is InChI=1S/C49H32N4.2C2H6/c1-32-26-45(35-21-23-38(24-22-35)49-52-47(36-13-4-2-5-14-36)51-48(53-49)37-15-6-3-7-16-37)43-18-10-11-19-44(43)46(32)42-28-33(31-50)27-41(30-42)40-25-20-34-12-8-9-17-39(34)29-40;2*1-2/h2-30H,1H3;2*1-2H3. The van der Waals surface area contributed by atoms with Crippen molar-refractivity contribution in [2.45, 2.75) is 34.6 Å². The first-order valence-corrected chi connectivity index (χ1v) is 19.7. The zero-order chi connectivity index (χ0) is 39.7. The number of nitriles is 1. The highest BCUT2D eigenvalue weighted by Crippen LogP contribution is 2.40. The van der Waals surface area contributed by atoms with Gasteiger partial charge in [0.05, 0.1) is 11.6 Å². The van der Waals surface area contributed by atoms with Crippen LogP contribution in [0, 0.1) is 18.3 Å². The number of nitrogens with zero attached hydrogens (tertiary/aromatic N) is 4. The van der Waals surface area contributed by atoms with Crippen molar-refractivity contribution in [2.75, 3.05) is 0 Å². The smallest absolute Gasteiger partial charge is 0.164 e. The predicted octanol–water partition coefficient (Wildman–Crippen LogP) is 14.4. The third-order valence-corrected chi connectivity index (χ3v) is 9.83. The van der Waals surface area contributed by atoms with Gasteiger partial charge in [-0.15, -0.1) is 0 Å². The Morgan fingerprint density at radius 1 is 0.386 bits per heavy atom. The molecule has 0 unspecified atom stereocenters. The van der Waals surface area contributed by atoms with Crippen LogP contribution in [0.2, 0.25) is 0 Å². The first-order valence-electron chi connectivity index (χ1n) is 19.7. The molecule has 0 aliphatic carbocycles. The Hall–Kier alpha value is -7.22. The molecule has 0 saturated carbocycles. The molecular weight excluding hydrogens is 693 g/mol. The third-order valence-electron chi connectivity index (χ3n) is 9.83. The third kappa shape index (κ3) is 7.96. The van der Waals surface area contributed by atoms with E-state index in [1.165, 1.54) is 10.8 Å². The van der Waals surface area contributed by atoms with E-state index in [0.29, 0.717) is 23.0 Å². The number of hydrogen-bond donors (Lipinski definition) is 0. The van der Waals surface area contributed by atoms with Crippen molar-refractivity contribution >= 4 is 21.5 Å². The van der Waals surface area contributed by atoms with E-state index in [2.05, 4.69) is 116 Å². The number of rotatable bonds is 6. The van der Waals surface area contributed by atoms with E-state index in [-0.39, 0.29) is 0 Å². The van der Waals surface area contributed by atoms with Gasteiger partial charge in [-0.25, -0.2) is 15.0 Å². The average molecular weight is 737 g/mol. The molecule has 0 aliphatic heterocycles. The molecule has 0 N–H and O–H groups in total. The van der Waals surface area contributed by atoms with Gasteiger partial charge in [0.1, 0.15) is 0 Å². The molecule has 4 nitrogen and oxygen atoms in total. The van der Waals surface area contributed by atoms with Gasteiger partial charge in [0.15, 0.2) is 17.5 Å². The quantitative estimate of drug-likeness (QED) is 0.170. The average Bonchev–Trinajstić information content (AvgIpc) is 3.30. The molecule has 276 valence electrons. The second kappa shape index (κ2) is 17.5. The van der Waals surface area contributed by atoms with Gasteiger partial charge in [-0.1, -0.05) is 179 Å². The van der Waals surface area contributed by atoms with Gasteiger partial charge in [0.25, 0.3) is 0 Å². The maximum absolute atomic E-state index is 10.1. The van der Waals surface area contributed by atoms with E-state index in [1.54, 1.807) is 0 Å². The summed E-state index contributed by atoms with van der Waals surface area (Å²) in [6.07, 6.45) is 0. The Labute approximate surface area is 335 Å². The molecule has 1 heterocycles. The number of fused-ring (bicyclic) bond motifs is 2. The van der Waals surface area contributed by atoms with Crippen LogP contribution < -0.4 is 0 Å². The van der Waals surface area contributed by atoms with Crippen LogP contribution in [-0.4, -0.2) is 15.0 Å². The summed E-state index contributed by atoms with van der Waals surface area (Å²) in [6.45, 7) is 10.2. The lowest BCUT2D eigenvalue weighted by atomic mass is 9.87. The Balaban J connectivity index is 0.00000120. The van der Waals surface area contributed by atoms with E-state index in [0.717, 1.165) is 66.4 Å². The molecule has 4 heteroatoms. The lowest BCUT2D eigenvalue weighted by Crippen LogP contribution is -2.00. The molecule has 0 aliphatic rings. The molecular formula is C53H44N4. The lowest BCUT2D eigenvalue weighted by Gasteiger charge is -2.17. The van der Waals surface area contributed by atoms with Crippen molar-refractivity contribution in [2.24, 2.45) is 0 Å². The topological polar surface area (TPSA) is 62.5 Å². The fourth-order valence-corrected chi connectivity index (χ4v) is 7.25. The summed E-state index contributed by atoms with van der Waals surface area (Å²) >= 11 is 0. The van der Waals surface area contributed by atoms with E-state index in [4.69, 9.17) is 15.0 Å². The molecule has 0 fully saturated rings. The Kier molecular flexibility index (Phi) is 11.7. The van der Waals surface area contributed by atoms with Gasteiger partial charge < -0.3 is 0 Å². The summed E-state index contributed by atoms with van der Waals surface area (Å²) < 4.78 is 0. The normalized spacial score (nSPS) is 10.5. The molecule has 0 radical (unpaired) electrons. The van der Waals surface area contributed by atoms with Crippen molar-refractivity contribution in [1.29, 1.82) is 5.26 Å². The van der Waals surface area contributed by atoms with Crippen LogP contribution in [0.1, 0.15) is 38.8 Å². The number of hydrogen-bond acceptors (Lipinski definition) is 4. The van der Waals surface area contributed by atoms with Gasteiger partial charge in [0.2, 0.25) is 0 Å². The van der Waals surface area contributed by atoms with Gasteiger partial charge >= 0.3 is 0 Å². The monoisotopic (exact) mass is 736 g/mol. The van der Waals surface area contributed by atoms with Gasteiger partial charge in [-0.3, -0.25) is 0 Å². The Bertz CT molecular complexity index is 2780. The molecule has 0 amide bonds. The molecule has 57 heavy (non-hydrogen) atoms. The minimum absolute atomic E-state index is 0.625. The number of aromatic nitrogens is 3. The zero-order valence-electron chi connectivity index (χ0n) is 33.0. The second-order valence-corrected chi connectivity index (χ2v) is 13.3. The first kappa shape index (κ1) is 38.1. The summed E-state index contributed by atoms with van der Waals surface area (Å²) in [4.78, 5) is 14.7. The lowest BCUT2D eigenvalue weighted by molar-refractivity contribution is 1.07. The van der Waals surface area contributed by atoms with Crippen LogP contribution in [0.25, 0.3) is 89.1 Å². The molecule has 0 bridgehead atoms. The highest BCUT2D eigenvalue weighted by molar-refractivity contribution is 6.07. The maximum atomic E-state index is 10.1. The fourth-order valence-electron chi connectivity index (χ4n) is 7.25. The molecule has 1 aromatic heterocycles. The van der Waals surface area contributed by atoms with Crippen LogP contribution in [0.15, 0.2) is 176 Å². The summed E-state index contributed by atoms with van der Waals surface area (Å²) in [5.74, 6) is 1.90. The van der Waals surface area contributed by atoms with Gasteiger partial charge in [-0.05, 0) is 91.7 Å². The molecule has 9 aromatic rings. The summed E-state index contributed by atoms with van der Waals surface area (Å²) in [5, 5.41) is 14.8.